The molecule has 1 aliphatic heterocycles. The maximum atomic E-state index is 13.0. The summed E-state index contributed by atoms with van der Waals surface area (Å²) in [6, 6.07) is 11.2. The van der Waals surface area contributed by atoms with Crippen LogP contribution in [0.15, 0.2) is 48.0 Å². The van der Waals surface area contributed by atoms with Gasteiger partial charge in [0.15, 0.2) is 0 Å². The first-order valence-electron chi connectivity index (χ1n) is 9.49. The van der Waals surface area contributed by atoms with E-state index in [2.05, 4.69) is 24.1 Å². The van der Waals surface area contributed by atoms with Crippen molar-refractivity contribution in [1.29, 1.82) is 0 Å². The number of nitrogens with one attached hydrogen (secondary N) is 1. The molecular formula is C22H22ClN3O4. The molecule has 0 bridgehead atoms. The third kappa shape index (κ3) is 4.16. The molecule has 0 atom stereocenters. The van der Waals surface area contributed by atoms with E-state index in [1.54, 1.807) is 6.07 Å². The minimum absolute atomic E-state index is 0.142. The van der Waals surface area contributed by atoms with Crippen molar-refractivity contribution in [1.82, 2.24) is 5.32 Å². The van der Waals surface area contributed by atoms with Crippen molar-refractivity contribution in [3.05, 3.63) is 58.6 Å². The monoisotopic (exact) mass is 427 g/mol. The number of nitrogens with zero attached hydrogens (tertiary/aromatic N) is 2. The smallest absolute Gasteiger partial charge is 0.335 e. The van der Waals surface area contributed by atoms with E-state index in [1.807, 2.05) is 24.3 Å². The van der Waals surface area contributed by atoms with Gasteiger partial charge in [0.05, 0.1) is 17.8 Å². The van der Waals surface area contributed by atoms with Crippen molar-refractivity contribution in [3.8, 4) is 5.75 Å². The van der Waals surface area contributed by atoms with Crippen molar-refractivity contribution >= 4 is 46.9 Å². The Morgan fingerprint density at radius 2 is 1.73 bits per heavy atom. The first-order chi connectivity index (χ1) is 14.4. The number of hydrogen-bond acceptors (Lipinski definition) is 5. The Labute approximate surface area is 179 Å². The summed E-state index contributed by atoms with van der Waals surface area (Å²) in [5, 5.41) is 2.44. The fourth-order valence-corrected chi connectivity index (χ4v) is 3.48. The van der Waals surface area contributed by atoms with Crippen LogP contribution in [0.4, 0.5) is 16.2 Å². The molecule has 0 unspecified atom stereocenters. The third-order valence-electron chi connectivity index (χ3n) is 4.83. The van der Waals surface area contributed by atoms with Crippen LogP contribution in [0.1, 0.15) is 19.4 Å². The number of imide groups is 2. The van der Waals surface area contributed by atoms with Gasteiger partial charge in [-0.1, -0.05) is 23.7 Å². The summed E-state index contributed by atoms with van der Waals surface area (Å²) < 4.78 is 5.10. The largest absolute Gasteiger partial charge is 0.495 e. The summed E-state index contributed by atoms with van der Waals surface area (Å²) in [4.78, 5) is 40.7. The van der Waals surface area contributed by atoms with Gasteiger partial charge in [0.2, 0.25) is 0 Å². The SMILES string of the molecule is CCN(CC)c1ccc(C=C2C(=O)NC(=O)N(c3ccc(OC)c(Cl)c3)C2=O)cc1. The Kier molecular flexibility index (Phi) is 6.42. The Bertz CT molecular complexity index is 1010. The molecule has 7 nitrogen and oxygen atoms in total. The van der Waals surface area contributed by atoms with E-state index in [0.717, 1.165) is 23.7 Å². The first kappa shape index (κ1) is 21.4. The van der Waals surface area contributed by atoms with Gasteiger partial charge < -0.3 is 9.64 Å². The molecule has 0 radical (unpaired) electrons. The average molecular weight is 428 g/mol. The fourth-order valence-electron chi connectivity index (χ4n) is 3.22. The van der Waals surface area contributed by atoms with Gasteiger partial charge in [-0.15, -0.1) is 0 Å². The molecule has 2 aromatic rings. The van der Waals surface area contributed by atoms with E-state index in [-0.39, 0.29) is 16.3 Å². The molecule has 3 rings (SSSR count). The number of ether oxygens (including phenoxy) is 1. The molecular weight excluding hydrogens is 406 g/mol. The van der Waals surface area contributed by atoms with E-state index in [1.165, 1.54) is 25.3 Å². The van der Waals surface area contributed by atoms with Crippen LogP contribution in [0, 0.1) is 0 Å². The van der Waals surface area contributed by atoms with Gasteiger partial charge in [-0.25, -0.2) is 9.69 Å². The summed E-state index contributed by atoms with van der Waals surface area (Å²) in [7, 11) is 1.46. The van der Waals surface area contributed by atoms with Gasteiger partial charge >= 0.3 is 6.03 Å². The number of carbonyl (C=O) groups is 3. The second-order valence-electron chi connectivity index (χ2n) is 6.54. The molecule has 1 heterocycles. The molecule has 2 aromatic carbocycles. The maximum absolute atomic E-state index is 13.0. The van der Waals surface area contributed by atoms with Crippen molar-refractivity contribution in [3.63, 3.8) is 0 Å². The second kappa shape index (κ2) is 9.00. The predicted octanol–water partition coefficient (Wildman–Crippen LogP) is 3.86. The maximum Gasteiger partial charge on any atom is 0.335 e. The average Bonchev–Trinajstić information content (AvgIpc) is 2.73. The highest BCUT2D eigenvalue weighted by atomic mass is 35.5. The first-order valence-corrected chi connectivity index (χ1v) is 9.87. The molecule has 8 heteroatoms. The Morgan fingerprint density at radius 3 is 2.30 bits per heavy atom. The molecule has 1 fully saturated rings. The number of anilines is 2. The summed E-state index contributed by atoms with van der Waals surface area (Å²) in [6.07, 6.45) is 1.47. The number of carbonyl (C=O) groups excluding carboxylic acids is 3. The van der Waals surface area contributed by atoms with Gasteiger partial charge in [-0.2, -0.15) is 0 Å². The van der Waals surface area contributed by atoms with Gasteiger partial charge in [-0.3, -0.25) is 14.9 Å². The van der Waals surface area contributed by atoms with Crippen LogP contribution in [-0.2, 0) is 9.59 Å². The molecule has 30 heavy (non-hydrogen) atoms. The summed E-state index contributed by atoms with van der Waals surface area (Å²) in [5.41, 5.74) is 1.81. The van der Waals surface area contributed by atoms with Crippen LogP contribution in [0.25, 0.3) is 6.08 Å². The molecule has 0 aliphatic carbocycles. The quantitative estimate of drug-likeness (QED) is 0.559. The zero-order chi connectivity index (χ0) is 21.8. The number of halogens is 1. The number of barbiturate groups is 1. The van der Waals surface area contributed by atoms with E-state index in [0.29, 0.717) is 11.3 Å². The van der Waals surface area contributed by atoms with Crippen LogP contribution < -0.4 is 19.9 Å². The Balaban J connectivity index is 1.93. The lowest BCUT2D eigenvalue weighted by Gasteiger charge is -2.26. The number of urea groups is 1. The Hall–Kier alpha value is -3.32. The summed E-state index contributed by atoms with van der Waals surface area (Å²) in [5.74, 6) is -1.06. The zero-order valence-corrected chi connectivity index (χ0v) is 17.7. The lowest BCUT2D eigenvalue weighted by molar-refractivity contribution is -0.122. The van der Waals surface area contributed by atoms with Crippen LogP contribution >= 0.6 is 11.6 Å². The van der Waals surface area contributed by atoms with E-state index in [4.69, 9.17) is 16.3 Å². The number of amides is 4. The number of methoxy groups -OCH3 is 1. The molecule has 4 amide bonds. The Morgan fingerprint density at radius 1 is 1.07 bits per heavy atom. The van der Waals surface area contributed by atoms with Gasteiger partial charge in [0.25, 0.3) is 11.8 Å². The standard InChI is InChI=1S/C22H22ClN3O4/c1-4-25(5-2)15-8-6-14(7-9-15)12-17-20(27)24-22(29)26(21(17)28)16-10-11-19(30-3)18(23)13-16/h6-13H,4-5H2,1-3H3,(H,24,27,29). The van der Waals surface area contributed by atoms with E-state index < -0.39 is 17.8 Å². The van der Waals surface area contributed by atoms with Gasteiger partial charge in [0, 0.05) is 18.8 Å². The summed E-state index contributed by atoms with van der Waals surface area (Å²) >= 11 is 6.12. The lowest BCUT2D eigenvalue weighted by Crippen LogP contribution is -2.54. The van der Waals surface area contributed by atoms with Crippen LogP contribution in [-0.4, -0.2) is 38.0 Å². The van der Waals surface area contributed by atoms with Crippen LogP contribution in [0.2, 0.25) is 5.02 Å². The van der Waals surface area contributed by atoms with E-state index in [9.17, 15) is 14.4 Å². The topological polar surface area (TPSA) is 79.0 Å². The molecule has 0 saturated carbocycles. The molecule has 1 aliphatic rings. The summed E-state index contributed by atoms with van der Waals surface area (Å²) in [6.45, 7) is 5.89. The fraction of sp³-hybridized carbons (Fsp3) is 0.227. The molecule has 1 N–H and O–H groups in total. The third-order valence-corrected chi connectivity index (χ3v) is 5.12. The van der Waals surface area contributed by atoms with Crippen molar-refractivity contribution in [2.75, 3.05) is 30.0 Å². The predicted molar refractivity (Wildman–Crippen MR) is 117 cm³/mol. The van der Waals surface area contributed by atoms with Crippen LogP contribution in [0.3, 0.4) is 0 Å². The number of rotatable bonds is 6. The molecule has 0 spiro atoms. The molecule has 0 aromatic heterocycles. The minimum Gasteiger partial charge on any atom is -0.495 e. The minimum atomic E-state index is -0.833. The number of hydrogen-bond donors (Lipinski definition) is 1. The lowest BCUT2D eigenvalue weighted by atomic mass is 10.1. The molecule has 156 valence electrons. The second-order valence-corrected chi connectivity index (χ2v) is 6.95. The van der Waals surface area contributed by atoms with Crippen molar-refractivity contribution < 1.29 is 19.1 Å². The van der Waals surface area contributed by atoms with Gasteiger partial charge in [0.1, 0.15) is 11.3 Å². The zero-order valence-electron chi connectivity index (χ0n) is 16.9. The highest BCUT2D eigenvalue weighted by Gasteiger charge is 2.37. The van der Waals surface area contributed by atoms with Crippen LogP contribution in [0.5, 0.6) is 5.75 Å². The normalized spacial score (nSPS) is 15.4. The highest BCUT2D eigenvalue weighted by molar-refractivity contribution is 6.39. The van der Waals surface area contributed by atoms with E-state index >= 15 is 0 Å². The van der Waals surface area contributed by atoms with Gasteiger partial charge in [-0.05, 0) is 55.8 Å². The number of benzene rings is 2. The highest BCUT2D eigenvalue weighted by Crippen LogP contribution is 2.31. The molecule has 1 saturated heterocycles. The van der Waals surface area contributed by atoms with Crippen molar-refractivity contribution in [2.45, 2.75) is 13.8 Å². The van der Waals surface area contributed by atoms with Crippen molar-refractivity contribution in [2.24, 2.45) is 0 Å².